The maximum atomic E-state index is 12.6. The summed E-state index contributed by atoms with van der Waals surface area (Å²) in [6.07, 6.45) is 0. The highest BCUT2D eigenvalue weighted by Gasteiger charge is 2.38. The third-order valence-electron chi connectivity index (χ3n) is 3.55. The summed E-state index contributed by atoms with van der Waals surface area (Å²) in [5.74, 6) is -0.726. The number of nitrogens with one attached hydrogen (secondary N) is 1. The number of urea groups is 1. The minimum atomic E-state index is -0.790. The number of nitrogens with zero attached hydrogens (tertiary/aromatic N) is 2. The van der Waals surface area contributed by atoms with E-state index < -0.39 is 12.0 Å². The molecule has 1 N–H and O–H groups in total. The average Bonchev–Trinajstić information content (AvgIpc) is 3.06. The van der Waals surface area contributed by atoms with Gasteiger partial charge in [0.15, 0.2) is 0 Å². The van der Waals surface area contributed by atoms with E-state index in [1.165, 1.54) is 23.3 Å². The van der Waals surface area contributed by atoms with Gasteiger partial charge in [0.1, 0.15) is 6.04 Å². The van der Waals surface area contributed by atoms with Crippen molar-refractivity contribution in [2.45, 2.75) is 25.9 Å². The summed E-state index contributed by atoms with van der Waals surface area (Å²) < 4.78 is 4.81. The molecule has 7 nitrogen and oxygen atoms in total. The Morgan fingerprint density at radius 1 is 1.35 bits per heavy atom. The van der Waals surface area contributed by atoms with Crippen molar-refractivity contribution in [1.29, 1.82) is 0 Å². The van der Waals surface area contributed by atoms with Crippen LogP contribution in [0.1, 0.15) is 23.5 Å². The summed E-state index contributed by atoms with van der Waals surface area (Å²) in [4.78, 5) is 40.4. The highest BCUT2D eigenvalue weighted by Crippen LogP contribution is 2.18. The fraction of sp³-hybridized carbons (Fsp3) is 0.533. The molecule has 2 heterocycles. The molecule has 0 bridgehead atoms. The third-order valence-corrected chi connectivity index (χ3v) is 4.40. The Balaban J connectivity index is 2.14. The monoisotopic (exact) mass is 339 g/mol. The van der Waals surface area contributed by atoms with Gasteiger partial charge < -0.3 is 19.9 Å². The van der Waals surface area contributed by atoms with E-state index in [1.54, 1.807) is 17.0 Å². The van der Waals surface area contributed by atoms with E-state index in [2.05, 4.69) is 5.32 Å². The predicted octanol–water partition coefficient (Wildman–Crippen LogP) is 1.17. The molecule has 0 unspecified atom stereocenters. The second kappa shape index (κ2) is 7.45. The molecule has 1 saturated heterocycles. The molecule has 0 saturated carbocycles. The molecule has 1 atom stereocenters. The molecule has 1 aliphatic heterocycles. The van der Waals surface area contributed by atoms with E-state index in [1.807, 2.05) is 19.2 Å². The van der Waals surface area contributed by atoms with Crippen LogP contribution in [0.25, 0.3) is 0 Å². The predicted molar refractivity (Wildman–Crippen MR) is 86.4 cm³/mol. The molecule has 1 fully saturated rings. The number of carbonyl (C=O) groups is 3. The summed E-state index contributed by atoms with van der Waals surface area (Å²) in [7, 11) is 1.28. The number of hydrogen-bond acceptors (Lipinski definition) is 5. The SMILES string of the molecule is COC(=O)[C@H]1CN(C(=O)NC(C)C)CCN1C(=O)c1cccs1. The second-order valence-electron chi connectivity index (χ2n) is 5.57. The van der Waals surface area contributed by atoms with Crippen molar-refractivity contribution >= 4 is 29.2 Å². The van der Waals surface area contributed by atoms with Crippen LogP contribution in [0.15, 0.2) is 17.5 Å². The molecule has 0 aliphatic carbocycles. The molecule has 0 spiro atoms. The lowest BCUT2D eigenvalue weighted by molar-refractivity contribution is -0.147. The van der Waals surface area contributed by atoms with Crippen LogP contribution in [0.5, 0.6) is 0 Å². The van der Waals surface area contributed by atoms with Crippen LogP contribution in [0.4, 0.5) is 4.79 Å². The average molecular weight is 339 g/mol. The first kappa shape index (κ1) is 17.3. The molecule has 1 aliphatic rings. The fourth-order valence-corrected chi connectivity index (χ4v) is 3.11. The zero-order valence-electron chi connectivity index (χ0n) is 13.4. The number of thiophene rings is 1. The van der Waals surface area contributed by atoms with Crippen molar-refractivity contribution < 1.29 is 19.1 Å². The van der Waals surface area contributed by atoms with Gasteiger partial charge in [-0.1, -0.05) is 6.07 Å². The Morgan fingerprint density at radius 2 is 2.09 bits per heavy atom. The standard InChI is InChI=1S/C15H21N3O4S/c1-10(2)16-15(21)17-6-7-18(11(9-17)14(20)22-3)13(19)12-5-4-8-23-12/h4-5,8,10-11H,6-7,9H2,1-3H3,(H,16,21)/t11-/m1/s1. The molecule has 0 aromatic carbocycles. The Morgan fingerprint density at radius 3 is 2.65 bits per heavy atom. The van der Waals surface area contributed by atoms with Crippen molar-refractivity contribution in [3.63, 3.8) is 0 Å². The topological polar surface area (TPSA) is 79.0 Å². The number of hydrogen-bond donors (Lipinski definition) is 1. The molecule has 1 aromatic rings. The van der Waals surface area contributed by atoms with Crippen molar-refractivity contribution in [1.82, 2.24) is 15.1 Å². The number of rotatable bonds is 3. The Hall–Kier alpha value is -2.09. The van der Waals surface area contributed by atoms with Gasteiger partial charge in [-0.05, 0) is 25.3 Å². The summed E-state index contributed by atoms with van der Waals surface area (Å²) in [6.45, 7) is 4.53. The molecular weight excluding hydrogens is 318 g/mol. The number of carbonyl (C=O) groups excluding carboxylic acids is 3. The molecule has 3 amide bonds. The molecule has 126 valence electrons. The maximum Gasteiger partial charge on any atom is 0.330 e. The van der Waals surface area contributed by atoms with E-state index in [4.69, 9.17) is 4.74 Å². The molecule has 0 radical (unpaired) electrons. The summed E-state index contributed by atoms with van der Waals surface area (Å²) in [5.41, 5.74) is 0. The highest BCUT2D eigenvalue weighted by molar-refractivity contribution is 7.12. The van der Waals surface area contributed by atoms with E-state index in [0.29, 0.717) is 18.0 Å². The minimum Gasteiger partial charge on any atom is -0.467 e. The fourth-order valence-electron chi connectivity index (χ4n) is 2.43. The van der Waals surface area contributed by atoms with Gasteiger partial charge >= 0.3 is 12.0 Å². The normalized spacial score (nSPS) is 18.0. The van der Waals surface area contributed by atoms with Crippen LogP contribution >= 0.6 is 11.3 Å². The van der Waals surface area contributed by atoms with Crippen LogP contribution in [0, 0.1) is 0 Å². The molecule has 2 rings (SSSR count). The minimum absolute atomic E-state index is 0.00450. The quantitative estimate of drug-likeness (QED) is 0.839. The van der Waals surface area contributed by atoms with E-state index in [9.17, 15) is 14.4 Å². The first-order chi connectivity index (χ1) is 10.9. The third kappa shape index (κ3) is 4.01. The van der Waals surface area contributed by atoms with Gasteiger partial charge in [0.25, 0.3) is 5.91 Å². The zero-order chi connectivity index (χ0) is 17.0. The van der Waals surface area contributed by atoms with Gasteiger partial charge in [-0.25, -0.2) is 9.59 Å². The highest BCUT2D eigenvalue weighted by atomic mass is 32.1. The number of piperazine rings is 1. The zero-order valence-corrected chi connectivity index (χ0v) is 14.3. The van der Waals surface area contributed by atoms with Gasteiger partial charge in [0.2, 0.25) is 0 Å². The number of methoxy groups -OCH3 is 1. The van der Waals surface area contributed by atoms with Crippen LogP contribution in [-0.2, 0) is 9.53 Å². The molecular formula is C15H21N3O4S. The Labute approximate surface area is 139 Å². The van der Waals surface area contributed by atoms with Crippen molar-refractivity contribution in [3.8, 4) is 0 Å². The van der Waals surface area contributed by atoms with Gasteiger partial charge in [-0.15, -0.1) is 11.3 Å². The number of amides is 3. The van der Waals surface area contributed by atoms with Gasteiger partial charge in [-0.3, -0.25) is 4.79 Å². The first-order valence-corrected chi connectivity index (χ1v) is 8.29. The van der Waals surface area contributed by atoms with Crippen LogP contribution in [0.2, 0.25) is 0 Å². The lowest BCUT2D eigenvalue weighted by Gasteiger charge is -2.39. The summed E-state index contributed by atoms with van der Waals surface area (Å²) in [5, 5.41) is 4.61. The van der Waals surface area contributed by atoms with Gasteiger partial charge in [0, 0.05) is 19.1 Å². The smallest absolute Gasteiger partial charge is 0.330 e. The summed E-state index contributed by atoms with van der Waals surface area (Å²) >= 11 is 1.33. The molecule has 23 heavy (non-hydrogen) atoms. The lowest BCUT2D eigenvalue weighted by Crippen LogP contribution is -2.61. The second-order valence-corrected chi connectivity index (χ2v) is 6.51. The maximum absolute atomic E-state index is 12.6. The van der Waals surface area contributed by atoms with Crippen molar-refractivity contribution in [3.05, 3.63) is 22.4 Å². The molecule has 1 aromatic heterocycles. The largest absolute Gasteiger partial charge is 0.467 e. The van der Waals surface area contributed by atoms with E-state index >= 15 is 0 Å². The first-order valence-electron chi connectivity index (χ1n) is 7.41. The van der Waals surface area contributed by atoms with E-state index in [0.717, 1.165) is 0 Å². The van der Waals surface area contributed by atoms with Gasteiger partial charge in [-0.2, -0.15) is 0 Å². The Kier molecular flexibility index (Phi) is 5.59. The lowest BCUT2D eigenvalue weighted by atomic mass is 10.1. The van der Waals surface area contributed by atoms with Crippen molar-refractivity contribution in [2.75, 3.05) is 26.7 Å². The number of ether oxygens (including phenoxy) is 1. The van der Waals surface area contributed by atoms with Gasteiger partial charge in [0.05, 0.1) is 18.5 Å². The van der Waals surface area contributed by atoms with E-state index in [-0.39, 0.29) is 24.5 Å². The molecule has 8 heteroatoms. The van der Waals surface area contributed by atoms with Crippen molar-refractivity contribution in [2.24, 2.45) is 0 Å². The summed E-state index contributed by atoms with van der Waals surface area (Å²) in [6, 6.07) is 2.49. The number of esters is 1. The van der Waals surface area contributed by atoms with Crippen LogP contribution < -0.4 is 5.32 Å². The van der Waals surface area contributed by atoms with Crippen LogP contribution in [-0.4, -0.2) is 66.5 Å². The van der Waals surface area contributed by atoms with Crippen LogP contribution in [0.3, 0.4) is 0 Å². The Bertz CT molecular complexity index is 573.